The van der Waals surface area contributed by atoms with Crippen LogP contribution in [0.25, 0.3) is 21.6 Å². The van der Waals surface area contributed by atoms with Crippen LogP contribution in [0.3, 0.4) is 0 Å². The molecule has 44 heavy (non-hydrogen) atoms. The number of piperazine rings is 1. The summed E-state index contributed by atoms with van der Waals surface area (Å²) < 4.78 is 15.7. The summed E-state index contributed by atoms with van der Waals surface area (Å²) in [5, 5.41) is 9.53. The fourth-order valence-electron chi connectivity index (χ4n) is 5.73. The van der Waals surface area contributed by atoms with E-state index in [2.05, 4.69) is 53.4 Å². The zero-order chi connectivity index (χ0) is 31.1. The minimum absolute atomic E-state index is 0.191. The first-order chi connectivity index (χ1) is 21.0. The van der Waals surface area contributed by atoms with E-state index in [9.17, 15) is 4.79 Å². The van der Waals surface area contributed by atoms with Crippen LogP contribution in [-0.4, -0.2) is 79.9 Å². The molecule has 2 aliphatic rings. The van der Waals surface area contributed by atoms with Crippen molar-refractivity contribution in [2.75, 3.05) is 50.5 Å². The number of likely N-dealkylation sites (N-methyl/N-ethyl adjacent to an activating group) is 1. The van der Waals surface area contributed by atoms with Gasteiger partial charge in [0, 0.05) is 80.8 Å². The SMILES string of the molecule is CN1CCN(CCOc2ccc3c(n2)sn(C)c(-c2ccc(NC(=O)Nc4cc(C(C)(C)C)on4)cc2)cn3C)C2(CC2)C1. The summed E-state index contributed by atoms with van der Waals surface area (Å²) in [7, 11) is 6.27. The van der Waals surface area contributed by atoms with Crippen molar-refractivity contribution in [2.45, 2.75) is 44.6 Å². The Labute approximate surface area is 262 Å². The number of fused-ring (bicyclic) bond motifs is 1. The Morgan fingerprint density at radius 2 is 1.84 bits per heavy atom. The third kappa shape index (κ3) is 6.62. The van der Waals surface area contributed by atoms with Gasteiger partial charge in [-0.25, -0.2) is 4.79 Å². The van der Waals surface area contributed by atoms with Gasteiger partial charge in [0.1, 0.15) is 12.4 Å². The summed E-state index contributed by atoms with van der Waals surface area (Å²) in [6, 6.07) is 13.1. The van der Waals surface area contributed by atoms with Crippen molar-refractivity contribution in [2.24, 2.45) is 14.1 Å². The normalized spacial score (nSPS) is 16.7. The van der Waals surface area contributed by atoms with Gasteiger partial charge in [0.2, 0.25) is 5.88 Å². The van der Waals surface area contributed by atoms with Crippen LogP contribution >= 0.6 is 11.5 Å². The standard InChI is InChI=1S/C32H42N8O3S/c1-31(2,3)26-19-27(36-43-26)34-30(41)33-23-9-7-22(8-10-23)25-20-38(5)24-11-12-28(35-29(24)44-39(25)6)42-18-17-40-16-15-37(4)21-32(40)13-14-32/h7-12,19-20H,13-18,21H2,1-6H3,(H2,33,34,36,41). The van der Waals surface area contributed by atoms with E-state index >= 15 is 0 Å². The lowest BCUT2D eigenvalue weighted by Crippen LogP contribution is -2.54. The molecule has 4 heterocycles. The maximum absolute atomic E-state index is 12.6. The van der Waals surface area contributed by atoms with Crippen LogP contribution in [0.2, 0.25) is 0 Å². The van der Waals surface area contributed by atoms with Crippen molar-refractivity contribution < 1.29 is 14.1 Å². The molecule has 12 heteroatoms. The summed E-state index contributed by atoms with van der Waals surface area (Å²) in [5.74, 6) is 1.72. The van der Waals surface area contributed by atoms with Gasteiger partial charge in [-0.15, -0.1) is 0 Å². The summed E-state index contributed by atoms with van der Waals surface area (Å²) in [6.45, 7) is 11.0. The number of ether oxygens (including phenoxy) is 1. The Morgan fingerprint density at radius 3 is 2.55 bits per heavy atom. The molecule has 1 saturated carbocycles. The maximum Gasteiger partial charge on any atom is 0.324 e. The van der Waals surface area contributed by atoms with Crippen LogP contribution in [0.15, 0.2) is 53.2 Å². The molecule has 6 rings (SSSR count). The molecule has 2 amide bonds. The van der Waals surface area contributed by atoms with Gasteiger partial charge in [-0.2, -0.15) is 4.98 Å². The lowest BCUT2D eigenvalue weighted by Gasteiger charge is -2.40. The monoisotopic (exact) mass is 618 g/mol. The van der Waals surface area contributed by atoms with Crippen molar-refractivity contribution in [3.63, 3.8) is 0 Å². The third-order valence-corrected chi connectivity index (χ3v) is 9.37. The van der Waals surface area contributed by atoms with Crippen LogP contribution in [0.5, 0.6) is 5.88 Å². The second-order valence-corrected chi connectivity index (χ2v) is 14.1. The summed E-state index contributed by atoms with van der Waals surface area (Å²) in [6.07, 6.45) is 4.67. The highest BCUT2D eigenvalue weighted by molar-refractivity contribution is 7.12. The number of hydrogen-bond acceptors (Lipinski definition) is 8. The van der Waals surface area contributed by atoms with Crippen LogP contribution in [0, 0.1) is 0 Å². The van der Waals surface area contributed by atoms with Gasteiger partial charge in [0.25, 0.3) is 0 Å². The molecule has 0 unspecified atom stereocenters. The fraction of sp³-hybridized carbons (Fsp3) is 0.469. The minimum atomic E-state index is -0.386. The summed E-state index contributed by atoms with van der Waals surface area (Å²) >= 11 is 1.57. The Hall–Kier alpha value is -3.87. The predicted octanol–water partition coefficient (Wildman–Crippen LogP) is 5.85. The van der Waals surface area contributed by atoms with Crippen LogP contribution < -0.4 is 15.4 Å². The van der Waals surface area contributed by atoms with E-state index < -0.39 is 0 Å². The molecule has 1 aromatic carbocycles. The predicted molar refractivity (Wildman–Crippen MR) is 175 cm³/mol. The summed E-state index contributed by atoms with van der Waals surface area (Å²) in [4.78, 5) is 23.4. The van der Waals surface area contributed by atoms with Crippen LogP contribution in [-0.2, 0) is 19.5 Å². The third-order valence-electron chi connectivity index (χ3n) is 8.43. The van der Waals surface area contributed by atoms with Crippen LogP contribution in [0.4, 0.5) is 16.3 Å². The van der Waals surface area contributed by atoms with Gasteiger partial charge in [-0.3, -0.25) is 14.2 Å². The lowest BCUT2D eigenvalue weighted by atomic mass is 9.93. The van der Waals surface area contributed by atoms with E-state index in [1.165, 1.54) is 12.8 Å². The molecule has 2 N–H and O–H groups in total. The number of hydrogen-bond donors (Lipinski definition) is 2. The van der Waals surface area contributed by atoms with Crippen molar-refractivity contribution in [3.8, 4) is 17.1 Å². The average molecular weight is 619 g/mol. The molecule has 3 aromatic heterocycles. The van der Waals surface area contributed by atoms with E-state index in [4.69, 9.17) is 14.2 Å². The number of amides is 2. The maximum atomic E-state index is 12.6. The Kier molecular flexibility index (Phi) is 8.16. The lowest BCUT2D eigenvalue weighted by molar-refractivity contribution is 0.0612. The Balaban J connectivity index is 1.12. The van der Waals surface area contributed by atoms with E-state index in [-0.39, 0.29) is 11.4 Å². The molecule has 1 saturated heterocycles. The molecule has 234 valence electrons. The van der Waals surface area contributed by atoms with Gasteiger partial charge in [-0.05, 0) is 49.6 Å². The first-order valence-corrected chi connectivity index (χ1v) is 15.9. The smallest absolute Gasteiger partial charge is 0.324 e. The number of nitrogens with one attached hydrogen (secondary N) is 2. The summed E-state index contributed by atoms with van der Waals surface area (Å²) in [5.41, 5.74) is 3.88. The molecule has 2 fully saturated rings. The van der Waals surface area contributed by atoms with E-state index in [1.54, 1.807) is 17.6 Å². The highest BCUT2D eigenvalue weighted by atomic mass is 32.1. The van der Waals surface area contributed by atoms with E-state index in [1.807, 2.05) is 65.2 Å². The quantitative estimate of drug-likeness (QED) is 0.268. The first-order valence-electron chi connectivity index (χ1n) is 15.1. The van der Waals surface area contributed by atoms with E-state index in [0.29, 0.717) is 35.3 Å². The van der Waals surface area contributed by atoms with Gasteiger partial charge >= 0.3 is 6.03 Å². The number of pyridine rings is 1. The fourth-order valence-corrected chi connectivity index (χ4v) is 6.68. The molecular formula is C32H42N8O3S. The number of aryl methyl sites for hydroxylation is 2. The van der Waals surface area contributed by atoms with Crippen molar-refractivity contribution in [3.05, 3.63) is 54.4 Å². The number of carbonyl (C=O) groups excluding carboxylic acids is 1. The largest absolute Gasteiger partial charge is 0.476 e. The number of urea groups is 1. The number of aromatic nitrogens is 4. The number of benzene rings is 1. The van der Waals surface area contributed by atoms with Crippen LogP contribution in [0.1, 0.15) is 39.4 Å². The Morgan fingerprint density at radius 1 is 1.07 bits per heavy atom. The molecule has 1 aliphatic carbocycles. The second-order valence-electron chi connectivity index (χ2n) is 13.0. The Bertz CT molecular complexity index is 1690. The van der Waals surface area contributed by atoms with Gasteiger partial charge < -0.3 is 24.0 Å². The molecule has 0 bridgehead atoms. The molecule has 0 radical (unpaired) electrons. The number of rotatable bonds is 7. The molecule has 4 aromatic rings. The number of carbonyl (C=O) groups is 1. The molecule has 11 nitrogen and oxygen atoms in total. The van der Waals surface area contributed by atoms with Gasteiger partial charge in [0.15, 0.2) is 10.6 Å². The molecular weight excluding hydrogens is 576 g/mol. The zero-order valence-corrected chi connectivity index (χ0v) is 27.2. The van der Waals surface area contributed by atoms with Gasteiger partial charge in [0.05, 0.1) is 11.2 Å². The van der Waals surface area contributed by atoms with Gasteiger partial charge in [-0.1, -0.05) is 38.1 Å². The van der Waals surface area contributed by atoms with Crippen molar-refractivity contribution in [1.29, 1.82) is 0 Å². The second kappa shape index (κ2) is 11.9. The highest BCUT2D eigenvalue weighted by Crippen LogP contribution is 2.43. The van der Waals surface area contributed by atoms with E-state index in [0.717, 1.165) is 47.8 Å². The topological polar surface area (TPSA) is 106 Å². The first kappa shape index (κ1) is 30.2. The zero-order valence-electron chi connectivity index (χ0n) is 26.4. The average Bonchev–Trinajstić information content (AvgIpc) is 3.59. The minimum Gasteiger partial charge on any atom is -0.476 e. The van der Waals surface area contributed by atoms with Crippen molar-refractivity contribution in [1.82, 2.24) is 28.5 Å². The molecule has 0 atom stereocenters. The number of anilines is 2. The number of nitrogens with zero attached hydrogens (tertiary/aromatic N) is 6. The molecule has 1 aliphatic heterocycles. The van der Waals surface area contributed by atoms with Crippen molar-refractivity contribution >= 4 is 39.4 Å². The molecule has 1 spiro atoms. The highest BCUT2D eigenvalue weighted by Gasteiger charge is 2.50.